The second kappa shape index (κ2) is 3.34. The Morgan fingerprint density at radius 2 is 1.94 bits per heavy atom. The van der Waals surface area contributed by atoms with Gasteiger partial charge in [0.2, 0.25) is 0 Å². The maximum Gasteiger partial charge on any atom is 0.339 e. The van der Waals surface area contributed by atoms with Gasteiger partial charge in [-0.05, 0) is 38.2 Å². The van der Waals surface area contributed by atoms with Crippen LogP contribution in [0, 0.1) is 6.92 Å². The zero-order chi connectivity index (χ0) is 11.2. The lowest BCUT2D eigenvalue weighted by Gasteiger charge is -2.32. The molecule has 16 heavy (non-hydrogen) atoms. The van der Waals surface area contributed by atoms with Crippen molar-refractivity contribution < 1.29 is 9.53 Å². The highest BCUT2D eigenvalue weighted by atomic mass is 16.6. The zero-order valence-corrected chi connectivity index (χ0v) is 9.58. The lowest BCUT2D eigenvalue weighted by Crippen LogP contribution is -2.28. The van der Waals surface area contributed by atoms with Gasteiger partial charge < -0.3 is 4.74 Å². The topological polar surface area (TPSA) is 26.3 Å². The van der Waals surface area contributed by atoms with Crippen LogP contribution in [0.4, 0.5) is 0 Å². The van der Waals surface area contributed by atoms with Crippen LogP contribution in [-0.4, -0.2) is 5.97 Å². The van der Waals surface area contributed by atoms with Crippen LogP contribution in [0.2, 0.25) is 0 Å². The molecule has 1 aromatic rings. The minimum Gasteiger partial charge on any atom is -0.451 e. The molecule has 1 aromatic carbocycles. The average molecular weight is 216 g/mol. The number of hydrogen-bond donors (Lipinski definition) is 0. The van der Waals surface area contributed by atoms with Gasteiger partial charge in [0.1, 0.15) is 5.60 Å². The van der Waals surface area contributed by atoms with Gasteiger partial charge in [-0.25, -0.2) is 4.79 Å². The maximum atomic E-state index is 11.9. The van der Waals surface area contributed by atoms with Crippen molar-refractivity contribution in [1.82, 2.24) is 0 Å². The number of carbonyl (C=O) groups is 1. The number of benzene rings is 1. The number of esters is 1. The molecule has 2 aliphatic rings. The van der Waals surface area contributed by atoms with Gasteiger partial charge in [0.15, 0.2) is 0 Å². The lowest BCUT2D eigenvalue weighted by atomic mass is 9.79. The summed E-state index contributed by atoms with van der Waals surface area (Å²) in [6, 6.07) is 6.09. The third-order valence-corrected chi connectivity index (χ3v) is 3.92. The fourth-order valence-corrected chi connectivity index (χ4v) is 3.10. The van der Waals surface area contributed by atoms with Crippen LogP contribution in [0.1, 0.15) is 53.6 Å². The second-order valence-electron chi connectivity index (χ2n) is 4.94. The zero-order valence-electron chi connectivity index (χ0n) is 9.58. The average Bonchev–Trinajstić information content (AvgIpc) is 2.55. The molecule has 0 atom stereocenters. The van der Waals surface area contributed by atoms with Crippen molar-refractivity contribution in [1.29, 1.82) is 0 Å². The summed E-state index contributed by atoms with van der Waals surface area (Å²) >= 11 is 0. The summed E-state index contributed by atoms with van der Waals surface area (Å²) in [5.41, 5.74) is 2.72. The Morgan fingerprint density at radius 3 is 2.69 bits per heavy atom. The van der Waals surface area contributed by atoms with Crippen LogP contribution >= 0.6 is 0 Å². The standard InChI is InChI=1S/C14H16O2/c1-10-6-5-7-11-12(10)13(15)16-14(11)8-3-2-4-9-14/h5-7H,2-4,8-9H2,1H3. The van der Waals surface area contributed by atoms with Gasteiger partial charge in [-0.2, -0.15) is 0 Å². The number of carbonyl (C=O) groups excluding carboxylic acids is 1. The van der Waals surface area contributed by atoms with Crippen LogP contribution in [0.15, 0.2) is 18.2 Å². The molecule has 0 bridgehead atoms. The molecule has 1 aliphatic carbocycles. The molecular formula is C14H16O2. The van der Waals surface area contributed by atoms with Gasteiger partial charge in [0.05, 0.1) is 5.56 Å². The molecule has 0 radical (unpaired) electrons. The van der Waals surface area contributed by atoms with E-state index in [4.69, 9.17) is 4.74 Å². The number of hydrogen-bond acceptors (Lipinski definition) is 2. The van der Waals surface area contributed by atoms with E-state index in [-0.39, 0.29) is 11.6 Å². The molecule has 2 heteroatoms. The number of rotatable bonds is 0. The Morgan fingerprint density at radius 1 is 1.19 bits per heavy atom. The summed E-state index contributed by atoms with van der Waals surface area (Å²) in [6.07, 6.45) is 5.59. The first kappa shape index (κ1) is 9.88. The number of aryl methyl sites for hydroxylation is 1. The number of ether oxygens (including phenoxy) is 1. The summed E-state index contributed by atoms with van der Waals surface area (Å²) in [4.78, 5) is 11.9. The summed E-state index contributed by atoms with van der Waals surface area (Å²) < 4.78 is 5.70. The van der Waals surface area contributed by atoms with Crippen molar-refractivity contribution in [3.63, 3.8) is 0 Å². The van der Waals surface area contributed by atoms with Crippen LogP contribution in [0.5, 0.6) is 0 Å². The SMILES string of the molecule is Cc1cccc2c1C(=O)OC21CCCCC1. The van der Waals surface area contributed by atoms with Crippen LogP contribution in [-0.2, 0) is 10.3 Å². The van der Waals surface area contributed by atoms with Crippen molar-refractivity contribution in [2.45, 2.75) is 44.6 Å². The van der Waals surface area contributed by atoms with Gasteiger partial charge in [0.25, 0.3) is 0 Å². The van der Waals surface area contributed by atoms with Crippen LogP contribution < -0.4 is 0 Å². The van der Waals surface area contributed by atoms with E-state index >= 15 is 0 Å². The highest BCUT2D eigenvalue weighted by molar-refractivity contribution is 5.96. The molecule has 0 saturated heterocycles. The third kappa shape index (κ3) is 1.22. The van der Waals surface area contributed by atoms with Gasteiger partial charge in [-0.15, -0.1) is 0 Å². The van der Waals surface area contributed by atoms with Crippen LogP contribution in [0.25, 0.3) is 0 Å². The molecule has 0 unspecified atom stereocenters. The Hall–Kier alpha value is -1.31. The molecule has 84 valence electrons. The maximum absolute atomic E-state index is 11.9. The molecule has 0 amide bonds. The Balaban J connectivity index is 2.14. The van der Waals surface area contributed by atoms with E-state index in [1.54, 1.807) is 0 Å². The van der Waals surface area contributed by atoms with Gasteiger partial charge in [-0.3, -0.25) is 0 Å². The molecule has 1 saturated carbocycles. The Kier molecular flexibility index (Phi) is 2.06. The summed E-state index contributed by atoms with van der Waals surface area (Å²) in [6.45, 7) is 1.99. The van der Waals surface area contributed by atoms with Crippen molar-refractivity contribution in [2.24, 2.45) is 0 Å². The summed E-state index contributed by atoms with van der Waals surface area (Å²) in [7, 11) is 0. The Bertz CT molecular complexity index is 442. The normalized spacial score (nSPS) is 21.9. The largest absolute Gasteiger partial charge is 0.451 e. The van der Waals surface area contributed by atoms with Gasteiger partial charge >= 0.3 is 5.97 Å². The van der Waals surface area contributed by atoms with Crippen molar-refractivity contribution in [3.8, 4) is 0 Å². The van der Waals surface area contributed by atoms with E-state index in [2.05, 4.69) is 6.07 Å². The highest BCUT2D eigenvalue weighted by Crippen LogP contribution is 2.47. The van der Waals surface area contributed by atoms with E-state index in [1.807, 2.05) is 19.1 Å². The number of fused-ring (bicyclic) bond motifs is 2. The minimum absolute atomic E-state index is 0.116. The minimum atomic E-state index is -0.281. The van der Waals surface area contributed by atoms with E-state index in [0.29, 0.717) is 0 Å². The van der Waals surface area contributed by atoms with Crippen molar-refractivity contribution >= 4 is 5.97 Å². The van der Waals surface area contributed by atoms with Crippen molar-refractivity contribution in [2.75, 3.05) is 0 Å². The Labute approximate surface area is 95.6 Å². The molecule has 1 spiro atoms. The second-order valence-corrected chi connectivity index (χ2v) is 4.94. The molecule has 1 heterocycles. The summed E-state index contributed by atoms with van der Waals surface area (Å²) in [5.74, 6) is -0.116. The van der Waals surface area contributed by atoms with E-state index in [9.17, 15) is 4.79 Å². The molecule has 1 fully saturated rings. The monoisotopic (exact) mass is 216 g/mol. The predicted octanol–water partition coefficient (Wildman–Crippen LogP) is 3.32. The van der Waals surface area contributed by atoms with Crippen LogP contribution in [0.3, 0.4) is 0 Å². The molecule has 0 N–H and O–H groups in total. The molecular weight excluding hydrogens is 200 g/mol. The fourth-order valence-electron chi connectivity index (χ4n) is 3.10. The molecule has 2 nitrogen and oxygen atoms in total. The first-order chi connectivity index (χ1) is 7.73. The predicted molar refractivity (Wildman–Crippen MR) is 61.4 cm³/mol. The van der Waals surface area contributed by atoms with Gasteiger partial charge in [-0.1, -0.05) is 24.6 Å². The molecule has 1 aliphatic heterocycles. The van der Waals surface area contributed by atoms with E-state index in [0.717, 1.165) is 29.5 Å². The summed E-state index contributed by atoms with van der Waals surface area (Å²) in [5, 5.41) is 0. The van der Waals surface area contributed by atoms with Gasteiger partial charge in [0, 0.05) is 5.56 Å². The van der Waals surface area contributed by atoms with E-state index < -0.39 is 0 Å². The first-order valence-electron chi connectivity index (χ1n) is 6.06. The lowest BCUT2D eigenvalue weighted by molar-refractivity contribution is -0.0280. The third-order valence-electron chi connectivity index (χ3n) is 3.92. The first-order valence-corrected chi connectivity index (χ1v) is 6.06. The molecule has 0 aromatic heterocycles. The smallest absolute Gasteiger partial charge is 0.339 e. The van der Waals surface area contributed by atoms with E-state index in [1.165, 1.54) is 19.3 Å². The molecule has 3 rings (SSSR count). The van der Waals surface area contributed by atoms with Crippen molar-refractivity contribution in [3.05, 3.63) is 34.9 Å². The highest BCUT2D eigenvalue weighted by Gasteiger charge is 2.46. The quantitative estimate of drug-likeness (QED) is 0.622. The fraction of sp³-hybridized carbons (Fsp3) is 0.500.